The molecule has 1 aromatic carbocycles. The van der Waals surface area contributed by atoms with Gasteiger partial charge in [-0.15, -0.1) is 0 Å². The molecule has 3 nitrogen and oxygen atoms in total. The minimum atomic E-state index is -0.753. The summed E-state index contributed by atoms with van der Waals surface area (Å²) in [4.78, 5) is 0. The van der Waals surface area contributed by atoms with Crippen molar-refractivity contribution in [2.45, 2.75) is 31.9 Å². The van der Waals surface area contributed by atoms with E-state index in [0.717, 1.165) is 25.0 Å². The lowest BCUT2D eigenvalue weighted by molar-refractivity contribution is 0.0995. The van der Waals surface area contributed by atoms with Crippen molar-refractivity contribution in [2.75, 3.05) is 11.9 Å². The zero-order chi connectivity index (χ0) is 13.1. The number of rotatable bonds is 3. The number of nitrogens with one attached hydrogen (secondary N) is 1. The molecule has 2 unspecified atom stereocenters. The predicted octanol–water partition coefficient (Wildman–Crippen LogP) is 2.82. The number of nitriles is 1. The molecule has 2 rings (SSSR count). The highest BCUT2D eigenvalue weighted by molar-refractivity contribution is 5.51. The highest BCUT2D eigenvalue weighted by Crippen LogP contribution is 2.24. The number of hydrogen-bond acceptors (Lipinski definition) is 3. The van der Waals surface area contributed by atoms with E-state index in [2.05, 4.69) is 5.32 Å². The van der Waals surface area contributed by atoms with Gasteiger partial charge in [-0.25, -0.2) is 8.78 Å². The van der Waals surface area contributed by atoms with Crippen molar-refractivity contribution in [1.82, 2.24) is 0 Å². The van der Waals surface area contributed by atoms with Crippen molar-refractivity contribution in [3.8, 4) is 6.07 Å². The number of benzene rings is 1. The summed E-state index contributed by atoms with van der Waals surface area (Å²) in [5.41, 5.74) is -0.225. The number of anilines is 1. The molecule has 0 amide bonds. The number of hydrogen-bond donors (Lipinski definition) is 1. The van der Waals surface area contributed by atoms with Gasteiger partial charge in [-0.3, -0.25) is 0 Å². The summed E-state index contributed by atoms with van der Waals surface area (Å²) in [6.45, 7) is 2.52. The Bertz CT molecular complexity index is 455. The molecule has 1 fully saturated rings. The van der Waals surface area contributed by atoms with E-state index in [-0.39, 0.29) is 23.4 Å². The van der Waals surface area contributed by atoms with E-state index in [1.54, 1.807) is 6.07 Å². The molecule has 0 bridgehead atoms. The van der Waals surface area contributed by atoms with Crippen LogP contribution in [0.5, 0.6) is 0 Å². The molecule has 1 aliphatic rings. The van der Waals surface area contributed by atoms with Crippen LogP contribution in [0.2, 0.25) is 0 Å². The van der Waals surface area contributed by atoms with E-state index in [1.165, 1.54) is 0 Å². The van der Waals surface area contributed by atoms with Gasteiger partial charge in [-0.05, 0) is 31.9 Å². The van der Waals surface area contributed by atoms with Crippen LogP contribution in [0.3, 0.4) is 0 Å². The SMILES string of the molecule is CC(Nc1c(F)cc(C#N)cc1F)C1CCCO1. The fourth-order valence-corrected chi connectivity index (χ4v) is 2.09. The van der Waals surface area contributed by atoms with Gasteiger partial charge >= 0.3 is 0 Å². The fraction of sp³-hybridized carbons (Fsp3) is 0.462. The Hall–Kier alpha value is -1.67. The Morgan fingerprint density at radius 2 is 2.11 bits per heavy atom. The first-order valence-corrected chi connectivity index (χ1v) is 5.89. The van der Waals surface area contributed by atoms with E-state index < -0.39 is 11.6 Å². The van der Waals surface area contributed by atoms with Gasteiger partial charge in [0.05, 0.1) is 17.7 Å². The average molecular weight is 252 g/mol. The molecule has 0 saturated carbocycles. The summed E-state index contributed by atoms with van der Waals surface area (Å²) < 4.78 is 32.8. The molecule has 18 heavy (non-hydrogen) atoms. The molecule has 96 valence electrons. The van der Waals surface area contributed by atoms with Crippen LogP contribution in [-0.2, 0) is 4.74 Å². The Kier molecular flexibility index (Phi) is 3.78. The topological polar surface area (TPSA) is 45.0 Å². The second kappa shape index (κ2) is 5.32. The van der Waals surface area contributed by atoms with Gasteiger partial charge in [-0.1, -0.05) is 0 Å². The Balaban J connectivity index is 2.16. The quantitative estimate of drug-likeness (QED) is 0.899. The molecule has 2 atom stereocenters. The maximum Gasteiger partial charge on any atom is 0.150 e. The molecule has 0 radical (unpaired) electrons. The normalized spacial score (nSPS) is 20.4. The zero-order valence-corrected chi connectivity index (χ0v) is 10.0. The summed E-state index contributed by atoms with van der Waals surface area (Å²) in [6.07, 6.45) is 1.82. The highest BCUT2D eigenvalue weighted by atomic mass is 19.1. The molecule has 0 spiro atoms. The summed E-state index contributed by atoms with van der Waals surface area (Å²) in [5, 5.41) is 11.4. The van der Waals surface area contributed by atoms with Crippen molar-refractivity contribution >= 4 is 5.69 Å². The standard InChI is InChI=1S/C13H14F2N2O/c1-8(12-3-2-4-18-12)17-13-10(14)5-9(7-16)6-11(13)15/h5-6,8,12,17H,2-4H2,1H3. The van der Waals surface area contributed by atoms with Crippen LogP contribution in [-0.4, -0.2) is 18.8 Å². The van der Waals surface area contributed by atoms with Crippen LogP contribution in [0, 0.1) is 23.0 Å². The van der Waals surface area contributed by atoms with Crippen molar-refractivity contribution in [3.63, 3.8) is 0 Å². The van der Waals surface area contributed by atoms with E-state index >= 15 is 0 Å². The maximum atomic E-state index is 13.7. The molecule has 1 aliphatic heterocycles. The van der Waals surface area contributed by atoms with Gasteiger partial charge in [0.1, 0.15) is 5.69 Å². The monoisotopic (exact) mass is 252 g/mol. The minimum Gasteiger partial charge on any atom is -0.376 e. The number of nitrogens with zero attached hydrogens (tertiary/aromatic N) is 1. The average Bonchev–Trinajstić information content (AvgIpc) is 2.87. The van der Waals surface area contributed by atoms with E-state index in [0.29, 0.717) is 6.61 Å². The number of ether oxygens (including phenoxy) is 1. The lowest BCUT2D eigenvalue weighted by atomic mass is 10.1. The van der Waals surface area contributed by atoms with Crippen LogP contribution < -0.4 is 5.32 Å². The van der Waals surface area contributed by atoms with Gasteiger partial charge in [-0.2, -0.15) is 5.26 Å². The second-order valence-electron chi connectivity index (χ2n) is 4.41. The van der Waals surface area contributed by atoms with Gasteiger partial charge in [0.2, 0.25) is 0 Å². The van der Waals surface area contributed by atoms with Gasteiger partial charge in [0, 0.05) is 12.6 Å². The van der Waals surface area contributed by atoms with E-state index in [1.807, 2.05) is 6.92 Å². The summed E-state index contributed by atoms with van der Waals surface area (Å²) in [6, 6.07) is 3.58. The zero-order valence-electron chi connectivity index (χ0n) is 10.0. The third kappa shape index (κ3) is 2.59. The third-order valence-electron chi connectivity index (χ3n) is 3.07. The first-order chi connectivity index (χ1) is 8.61. The molecule has 0 aliphatic carbocycles. The lowest BCUT2D eigenvalue weighted by Gasteiger charge is -2.21. The molecule has 1 heterocycles. The maximum absolute atomic E-state index is 13.7. The molecule has 1 N–H and O–H groups in total. The fourth-order valence-electron chi connectivity index (χ4n) is 2.09. The van der Waals surface area contributed by atoms with Crippen molar-refractivity contribution in [1.29, 1.82) is 5.26 Å². The van der Waals surface area contributed by atoms with E-state index in [9.17, 15) is 8.78 Å². The second-order valence-corrected chi connectivity index (χ2v) is 4.41. The molecule has 1 aromatic rings. The Morgan fingerprint density at radius 1 is 1.44 bits per heavy atom. The summed E-state index contributed by atoms with van der Waals surface area (Å²) >= 11 is 0. The number of halogens is 2. The largest absolute Gasteiger partial charge is 0.376 e. The molecule has 5 heteroatoms. The van der Waals surface area contributed by atoms with Crippen LogP contribution in [0.1, 0.15) is 25.3 Å². The molecular weight excluding hydrogens is 238 g/mol. The van der Waals surface area contributed by atoms with E-state index in [4.69, 9.17) is 10.00 Å². The lowest BCUT2D eigenvalue weighted by Crippen LogP contribution is -2.30. The van der Waals surface area contributed by atoms with Gasteiger partial charge in [0.15, 0.2) is 11.6 Å². The van der Waals surface area contributed by atoms with Crippen LogP contribution in [0.15, 0.2) is 12.1 Å². The first-order valence-electron chi connectivity index (χ1n) is 5.89. The van der Waals surface area contributed by atoms with Crippen LogP contribution in [0.25, 0.3) is 0 Å². The van der Waals surface area contributed by atoms with Crippen molar-refractivity contribution in [3.05, 3.63) is 29.3 Å². The van der Waals surface area contributed by atoms with Gasteiger partial charge in [0.25, 0.3) is 0 Å². The third-order valence-corrected chi connectivity index (χ3v) is 3.07. The van der Waals surface area contributed by atoms with Crippen LogP contribution in [0.4, 0.5) is 14.5 Å². The predicted molar refractivity (Wildman–Crippen MR) is 63.1 cm³/mol. The summed E-state index contributed by atoms with van der Waals surface area (Å²) in [7, 11) is 0. The smallest absolute Gasteiger partial charge is 0.150 e. The van der Waals surface area contributed by atoms with Crippen molar-refractivity contribution < 1.29 is 13.5 Å². The molecular formula is C13H14F2N2O. The first kappa shape index (κ1) is 12.8. The Labute approximate surface area is 104 Å². The van der Waals surface area contributed by atoms with Crippen molar-refractivity contribution in [2.24, 2.45) is 0 Å². The highest BCUT2D eigenvalue weighted by Gasteiger charge is 2.24. The van der Waals surface area contributed by atoms with Gasteiger partial charge < -0.3 is 10.1 Å². The Morgan fingerprint density at radius 3 is 2.61 bits per heavy atom. The minimum absolute atomic E-state index is 0.0275. The molecule has 1 saturated heterocycles. The molecule has 0 aromatic heterocycles. The summed E-state index contributed by atoms with van der Waals surface area (Å²) in [5.74, 6) is -1.51. The van der Waals surface area contributed by atoms with Crippen LogP contribution >= 0.6 is 0 Å².